The number of halogens is 1. The van der Waals surface area contributed by atoms with E-state index >= 15 is 0 Å². The molecule has 1 aromatic rings. The van der Waals surface area contributed by atoms with Gasteiger partial charge in [-0.1, -0.05) is 22.9 Å². The summed E-state index contributed by atoms with van der Waals surface area (Å²) in [5, 5.41) is 0.753. The predicted octanol–water partition coefficient (Wildman–Crippen LogP) is 3.80. The van der Waals surface area contributed by atoms with E-state index in [9.17, 15) is 0 Å². The van der Waals surface area contributed by atoms with Crippen LogP contribution in [0.1, 0.15) is 31.9 Å². The van der Waals surface area contributed by atoms with Crippen LogP contribution in [0, 0.1) is 0 Å². The van der Waals surface area contributed by atoms with Crippen molar-refractivity contribution >= 4 is 33.4 Å². The average molecular weight is 329 g/mol. The van der Waals surface area contributed by atoms with Crippen LogP contribution in [0.4, 0.5) is 5.69 Å². The molecule has 0 amide bonds. The normalized spacial score (nSPS) is 22.0. The third-order valence-corrected chi connectivity index (χ3v) is 5.28. The number of thioether (sulfide) groups is 1. The van der Waals surface area contributed by atoms with Gasteiger partial charge in [-0.25, -0.2) is 0 Å². The number of hydrogen-bond acceptors (Lipinski definition) is 3. The highest BCUT2D eigenvalue weighted by Crippen LogP contribution is 2.32. The highest BCUT2D eigenvalue weighted by Gasteiger charge is 2.21. The third-order valence-electron chi connectivity index (χ3n) is 3.41. The molecule has 1 aliphatic rings. The van der Waals surface area contributed by atoms with E-state index in [0.717, 1.165) is 22.8 Å². The summed E-state index contributed by atoms with van der Waals surface area (Å²) in [5.41, 5.74) is 8.66. The zero-order valence-corrected chi connectivity index (χ0v) is 13.4. The van der Waals surface area contributed by atoms with Crippen LogP contribution in [-0.2, 0) is 0 Å². The molecular weight excluding hydrogens is 308 g/mol. The van der Waals surface area contributed by atoms with Crippen molar-refractivity contribution in [3.8, 4) is 0 Å². The zero-order valence-electron chi connectivity index (χ0n) is 11.0. The molecule has 1 fully saturated rings. The molecule has 0 radical (unpaired) electrons. The molecule has 1 aromatic carbocycles. The van der Waals surface area contributed by atoms with Crippen molar-refractivity contribution in [3.63, 3.8) is 0 Å². The standard InChI is InChI=1S/C14H21BrN2S/c1-3-12-9-17(6-7-18-12)14-5-4-11(15)8-13(14)10(2)16/h4-5,8,10,12H,3,6-7,9,16H2,1-2H3. The van der Waals surface area contributed by atoms with E-state index in [4.69, 9.17) is 5.73 Å². The Labute approximate surface area is 122 Å². The molecule has 2 rings (SSSR count). The Balaban J connectivity index is 2.26. The molecule has 0 saturated carbocycles. The van der Waals surface area contributed by atoms with Crippen LogP contribution in [0.2, 0.25) is 0 Å². The summed E-state index contributed by atoms with van der Waals surface area (Å²) in [7, 11) is 0. The van der Waals surface area contributed by atoms with Crippen molar-refractivity contribution in [1.82, 2.24) is 0 Å². The summed E-state index contributed by atoms with van der Waals surface area (Å²) in [6.45, 7) is 6.60. The van der Waals surface area contributed by atoms with E-state index in [1.807, 2.05) is 0 Å². The Morgan fingerprint density at radius 3 is 3.00 bits per heavy atom. The van der Waals surface area contributed by atoms with Crippen LogP contribution in [0.3, 0.4) is 0 Å². The number of anilines is 1. The Morgan fingerprint density at radius 1 is 1.56 bits per heavy atom. The summed E-state index contributed by atoms with van der Waals surface area (Å²) >= 11 is 5.63. The molecule has 1 heterocycles. The molecule has 18 heavy (non-hydrogen) atoms. The average Bonchev–Trinajstić information content (AvgIpc) is 2.38. The number of nitrogens with two attached hydrogens (primary N) is 1. The summed E-state index contributed by atoms with van der Waals surface area (Å²) < 4.78 is 1.11. The van der Waals surface area contributed by atoms with Gasteiger partial charge in [-0.3, -0.25) is 0 Å². The summed E-state index contributed by atoms with van der Waals surface area (Å²) in [6.07, 6.45) is 1.24. The van der Waals surface area contributed by atoms with Gasteiger partial charge in [0.25, 0.3) is 0 Å². The molecule has 4 heteroatoms. The summed E-state index contributed by atoms with van der Waals surface area (Å²) in [5.74, 6) is 1.22. The van der Waals surface area contributed by atoms with Gasteiger partial charge >= 0.3 is 0 Å². The number of nitrogens with zero attached hydrogens (tertiary/aromatic N) is 1. The van der Waals surface area contributed by atoms with Crippen LogP contribution in [0.5, 0.6) is 0 Å². The van der Waals surface area contributed by atoms with Crippen molar-refractivity contribution < 1.29 is 0 Å². The lowest BCUT2D eigenvalue weighted by Gasteiger charge is -2.35. The van der Waals surface area contributed by atoms with Crippen molar-refractivity contribution in [2.45, 2.75) is 31.6 Å². The summed E-state index contributed by atoms with van der Waals surface area (Å²) in [4.78, 5) is 2.50. The molecule has 0 spiro atoms. The molecule has 0 aromatic heterocycles. The highest BCUT2D eigenvalue weighted by molar-refractivity contribution is 9.10. The molecule has 2 nitrogen and oxygen atoms in total. The predicted molar refractivity (Wildman–Crippen MR) is 85.5 cm³/mol. The van der Waals surface area contributed by atoms with E-state index < -0.39 is 0 Å². The number of rotatable bonds is 3. The first-order valence-electron chi connectivity index (χ1n) is 6.53. The smallest absolute Gasteiger partial charge is 0.0415 e. The Kier molecular flexibility index (Phi) is 4.98. The fourth-order valence-electron chi connectivity index (χ4n) is 2.36. The molecule has 2 unspecified atom stereocenters. The van der Waals surface area contributed by atoms with Gasteiger partial charge in [-0.05, 0) is 37.1 Å². The third kappa shape index (κ3) is 3.22. The Hall–Kier alpha value is -0.190. The molecule has 1 aliphatic heterocycles. The van der Waals surface area contributed by atoms with Crippen molar-refractivity contribution in [2.75, 3.05) is 23.7 Å². The number of benzene rings is 1. The summed E-state index contributed by atoms with van der Waals surface area (Å²) in [6, 6.07) is 6.55. The van der Waals surface area contributed by atoms with Crippen molar-refractivity contribution in [2.24, 2.45) is 5.73 Å². The van der Waals surface area contributed by atoms with Gasteiger partial charge in [0.2, 0.25) is 0 Å². The second-order valence-corrected chi connectivity index (χ2v) is 7.16. The highest BCUT2D eigenvalue weighted by atomic mass is 79.9. The van der Waals surface area contributed by atoms with Gasteiger partial charge in [0.1, 0.15) is 0 Å². The van der Waals surface area contributed by atoms with Crippen molar-refractivity contribution in [1.29, 1.82) is 0 Å². The first kappa shape index (κ1) is 14.2. The first-order valence-corrected chi connectivity index (χ1v) is 8.37. The van der Waals surface area contributed by atoms with Gasteiger partial charge < -0.3 is 10.6 Å². The van der Waals surface area contributed by atoms with E-state index in [2.05, 4.69) is 64.6 Å². The molecule has 1 saturated heterocycles. The maximum Gasteiger partial charge on any atom is 0.0415 e. The Morgan fingerprint density at radius 2 is 2.33 bits per heavy atom. The van der Waals surface area contributed by atoms with Gasteiger partial charge in [0, 0.05) is 40.3 Å². The number of hydrogen-bond donors (Lipinski definition) is 1. The monoisotopic (exact) mass is 328 g/mol. The molecule has 0 bridgehead atoms. The van der Waals surface area contributed by atoms with Crippen LogP contribution < -0.4 is 10.6 Å². The van der Waals surface area contributed by atoms with E-state index in [0.29, 0.717) is 0 Å². The molecule has 100 valence electrons. The van der Waals surface area contributed by atoms with Crippen molar-refractivity contribution in [3.05, 3.63) is 28.2 Å². The van der Waals surface area contributed by atoms with E-state index in [-0.39, 0.29) is 6.04 Å². The second kappa shape index (κ2) is 6.31. The Bertz CT molecular complexity index is 409. The van der Waals surface area contributed by atoms with Gasteiger partial charge in [0.15, 0.2) is 0 Å². The quantitative estimate of drug-likeness (QED) is 0.915. The lowest BCUT2D eigenvalue weighted by atomic mass is 10.1. The van der Waals surface area contributed by atoms with Gasteiger partial charge in [0.05, 0.1) is 0 Å². The largest absolute Gasteiger partial charge is 0.369 e. The van der Waals surface area contributed by atoms with Crippen LogP contribution in [-0.4, -0.2) is 24.1 Å². The fraction of sp³-hybridized carbons (Fsp3) is 0.571. The first-order chi connectivity index (χ1) is 8.61. The van der Waals surface area contributed by atoms with Gasteiger partial charge in [-0.2, -0.15) is 11.8 Å². The lowest BCUT2D eigenvalue weighted by molar-refractivity contribution is 0.716. The molecule has 0 aliphatic carbocycles. The minimum atomic E-state index is 0.0761. The molecule has 2 atom stereocenters. The van der Waals surface area contributed by atoms with E-state index in [1.165, 1.54) is 23.4 Å². The SMILES string of the molecule is CCC1CN(c2ccc(Br)cc2C(C)N)CCS1. The minimum absolute atomic E-state index is 0.0761. The molecule has 2 N–H and O–H groups in total. The zero-order chi connectivity index (χ0) is 13.1. The van der Waals surface area contributed by atoms with Crippen LogP contribution in [0.15, 0.2) is 22.7 Å². The van der Waals surface area contributed by atoms with Crippen LogP contribution >= 0.6 is 27.7 Å². The maximum atomic E-state index is 6.10. The maximum absolute atomic E-state index is 6.10. The fourth-order valence-corrected chi connectivity index (χ4v) is 3.92. The second-order valence-electron chi connectivity index (χ2n) is 4.84. The lowest BCUT2D eigenvalue weighted by Crippen LogP contribution is -2.38. The minimum Gasteiger partial charge on any atom is -0.369 e. The van der Waals surface area contributed by atoms with Crippen LogP contribution in [0.25, 0.3) is 0 Å². The molecular formula is C14H21BrN2S. The topological polar surface area (TPSA) is 29.3 Å². The van der Waals surface area contributed by atoms with E-state index in [1.54, 1.807) is 0 Å². The van der Waals surface area contributed by atoms with Gasteiger partial charge in [-0.15, -0.1) is 0 Å².